The van der Waals surface area contributed by atoms with Crippen LogP contribution in [0.1, 0.15) is 25.7 Å². The summed E-state index contributed by atoms with van der Waals surface area (Å²) >= 11 is 0. The SMILES string of the molecule is NCCCCCC(=O)NCCO[C@H]1O[C@H](CO[C@H]2O[C@H](CO)[C@@H](O)[C@H](O)[C@@H]2O)[C@@H](O)[C@H](O[C@H]2O[C@H](CO)[C@@H](O)[C@H](O)[C@@H]2O)[C@@H]1O. The second-order valence-corrected chi connectivity index (χ2v) is 11.2. The van der Waals surface area contributed by atoms with Crippen molar-refractivity contribution < 1.29 is 84.3 Å². The van der Waals surface area contributed by atoms with Gasteiger partial charge in [0.05, 0.1) is 26.4 Å². The minimum atomic E-state index is -1.87. The second-order valence-electron chi connectivity index (χ2n) is 11.2. The third kappa shape index (κ3) is 9.90. The summed E-state index contributed by atoms with van der Waals surface area (Å²) in [6.45, 7) is -1.68. The fourth-order valence-electron chi connectivity index (χ4n) is 5.13. The van der Waals surface area contributed by atoms with Crippen LogP contribution in [0.2, 0.25) is 0 Å². The van der Waals surface area contributed by atoms with Crippen LogP contribution in [0.25, 0.3) is 0 Å². The maximum atomic E-state index is 12.0. The van der Waals surface area contributed by atoms with Crippen molar-refractivity contribution in [2.75, 3.05) is 39.5 Å². The van der Waals surface area contributed by atoms with Crippen LogP contribution in [-0.4, -0.2) is 189 Å². The highest BCUT2D eigenvalue weighted by Gasteiger charge is 2.52. The van der Waals surface area contributed by atoms with E-state index in [0.29, 0.717) is 13.0 Å². The molecular formula is C26H48N2O17. The number of nitrogens with one attached hydrogen (secondary N) is 1. The monoisotopic (exact) mass is 660 g/mol. The number of rotatable bonds is 16. The zero-order valence-corrected chi connectivity index (χ0v) is 24.6. The van der Waals surface area contributed by atoms with Crippen LogP contribution in [0.4, 0.5) is 0 Å². The summed E-state index contributed by atoms with van der Waals surface area (Å²) in [7, 11) is 0. The summed E-state index contributed by atoms with van der Waals surface area (Å²) in [5.41, 5.74) is 5.44. The summed E-state index contributed by atoms with van der Waals surface area (Å²) in [5, 5.41) is 105. The number of hydrogen-bond acceptors (Lipinski definition) is 18. The Bertz CT molecular complexity index is 873. The first-order valence-corrected chi connectivity index (χ1v) is 14.9. The first-order chi connectivity index (χ1) is 21.4. The third-order valence-corrected chi connectivity index (χ3v) is 7.87. The van der Waals surface area contributed by atoms with Gasteiger partial charge < -0.3 is 90.5 Å². The lowest BCUT2D eigenvalue weighted by Crippen LogP contribution is -2.65. The van der Waals surface area contributed by atoms with E-state index in [2.05, 4.69) is 5.32 Å². The van der Waals surface area contributed by atoms with Gasteiger partial charge >= 0.3 is 0 Å². The Balaban J connectivity index is 1.68. The smallest absolute Gasteiger partial charge is 0.220 e. The number of ether oxygens (including phenoxy) is 6. The highest BCUT2D eigenvalue weighted by molar-refractivity contribution is 5.75. The van der Waals surface area contributed by atoms with Crippen LogP contribution in [0.3, 0.4) is 0 Å². The van der Waals surface area contributed by atoms with Crippen molar-refractivity contribution in [3.05, 3.63) is 0 Å². The Morgan fingerprint density at radius 2 is 1.20 bits per heavy atom. The zero-order chi connectivity index (χ0) is 33.3. The molecule has 0 aliphatic carbocycles. The lowest BCUT2D eigenvalue weighted by Gasteiger charge is -2.46. The molecule has 0 bridgehead atoms. The number of hydrogen-bond donors (Lipinski definition) is 12. The van der Waals surface area contributed by atoms with Gasteiger partial charge in [0.25, 0.3) is 0 Å². The van der Waals surface area contributed by atoms with Crippen molar-refractivity contribution in [1.29, 1.82) is 0 Å². The molecule has 45 heavy (non-hydrogen) atoms. The molecule has 0 unspecified atom stereocenters. The minimum Gasteiger partial charge on any atom is -0.394 e. The predicted molar refractivity (Wildman–Crippen MR) is 146 cm³/mol. The number of carbonyl (C=O) groups excluding carboxylic acids is 1. The van der Waals surface area contributed by atoms with E-state index in [1.807, 2.05) is 0 Å². The predicted octanol–water partition coefficient (Wildman–Crippen LogP) is -6.91. The zero-order valence-electron chi connectivity index (χ0n) is 24.6. The molecule has 0 radical (unpaired) electrons. The van der Waals surface area contributed by atoms with E-state index in [-0.39, 0.29) is 25.5 Å². The van der Waals surface area contributed by atoms with E-state index in [1.54, 1.807) is 0 Å². The van der Waals surface area contributed by atoms with Gasteiger partial charge in [0.2, 0.25) is 5.91 Å². The highest BCUT2D eigenvalue weighted by Crippen LogP contribution is 2.31. The third-order valence-electron chi connectivity index (χ3n) is 7.87. The van der Waals surface area contributed by atoms with Crippen molar-refractivity contribution in [1.82, 2.24) is 5.32 Å². The van der Waals surface area contributed by atoms with Crippen molar-refractivity contribution in [3.8, 4) is 0 Å². The molecule has 264 valence electrons. The van der Waals surface area contributed by atoms with Crippen molar-refractivity contribution in [2.45, 2.75) is 118 Å². The molecule has 3 aliphatic heterocycles. The molecule has 13 N–H and O–H groups in total. The first kappa shape index (κ1) is 38.2. The second kappa shape index (κ2) is 18.4. The normalized spacial score (nSPS) is 42.4. The highest BCUT2D eigenvalue weighted by atomic mass is 16.7. The molecule has 19 nitrogen and oxygen atoms in total. The Hall–Kier alpha value is -1.21. The molecule has 0 saturated carbocycles. The van der Waals surface area contributed by atoms with E-state index in [0.717, 1.165) is 12.8 Å². The van der Waals surface area contributed by atoms with Gasteiger partial charge in [-0.1, -0.05) is 6.42 Å². The van der Waals surface area contributed by atoms with Gasteiger partial charge in [0.15, 0.2) is 18.9 Å². The quantitative estimate of drug-likeness (QED) is 0.0684. The van der Waals surface area contributed by atoms with Gasteiger partial charge in [0, 0.05) is 13.0 Å². The average Bonchev–Trinajstić information content (AvgIpc) is 3.03. The minimum absolute atomic E-state index is 0.0229. The van der Waals surface area contributed by atoms with E-state index >= 15 is 0 Å². The van der Waals surface area contributed by atoms with Crippen LogP contribution in [-0.2, 0) is 33.2 Å². The van der Waals surface area contributed by atoms with Crippen molar-refractivity contribution in [2.24, 2.45) is 5.73 Å². The number of aliphatic hydroxyl groups excluding tert-OH is 10. The summed E-state index contributed by atoms with van der Waals surface area (Å²) in [6.07, 6.45) is -22.1. The number of amides is 1. The van der Waals surface area contributed by atoms with E-state index in [1.165, 1.54) is 0 Å². The molecule has 0 spiro atoms. The average molecular weight is 661 g/mol. The van der Waals surface area contributed by atoms with Gasteiger partial charge in [-0.25, -0.2) is 0 Å². The largest absolute Gasteiger partial charge is 0.394 e. The summed E-state index contributed by atoms with van der Waals surface area (Å²) in [5.74, 6) is -0.231. The Labute approximate surface area is 259 Å². The van der Waals surface area contributed by atoms with Gasteiger partial charge in [-0.15, -0.1) is 0 Å². The van der Waals surface area contributed by atoms with Crippen molar-refractivity contribution in [3.63, 3.8) is 0 Å². The molecule has 3 heterocycles. The van der Waals surface area contributed by atoms with Gasteiger partial charge in [-0.2, -0.15) is 0 Å². The molecule has 0 aromatic carbocycles. The fourth-order valence-corrected chi connectivity index (χ4v) is 5.13. The van der Waals surface area contributed by atoms with Crippen LogP contribution in [0.5, 0.6) is 0 Å². The van der Waals surface area contributed by atoms with E-state index in [9.17, 15) is 55.9 Å². The maximum Gasteiger partial charge on any atom is 0.220 e. The van der Waals surface area contributed by atoms with Crippen LogP contribution in [0.15, 0.2) is 0 Å². The number of carbonyl (C=O) groups is 1. The molecule has 0 aromatic heterocycles. The Morgan fingerprint density at radius 1 is 0.644 bits per heavy atom. The lowest BCUT2D eigenvalue weighted by atomic mass is 9.96. The van der Waals surface area contributed by atoms with E-state index < -0.39 is 112 Å². The van der Waals surface area contributed by atoms with Crippen molar-refractivity contribution >= 4 is 5.91 Å². The standard InChI is InChI=1S/C26H48N2O17/c27-5-3-1-2-4-14(31)28-6-7-40-25-22(39)23(45-26-21(38)19(36)16(33)12(9-30)43-26)17(34)13(44-25)10-41-24-20(37)18(35)15(32)11(8-29)42-24/h11-13,15-26,29-30,32-39H,1-10,27H2,(H,28,31)/t11-,12-,13-,15-,16-,17-,18+,19+,20+,21+,22+,23+,24+,25+,26-/m1/s1. The first-order valence-electron chi connectivity index (χ1n) is 14.9. The molecule has 3 fully saturated rings. The van der Waals surface area contributed by atoms with Crippen LogP contribution >= 0.6 is 0 Å². The Kier molecular flexibility index (Phi) is 15.6. The molecule has 3 rings (SSSR count). The molecule has 0 aromatic rings. The summed E-state index contributed by atoms with van der Waals surface area (Å²) in [4.78, 5) is 12.0. The van der Waals surface area contributed by atoms with Crippen LogP contribution < -0.4 is 11.1 Å². The number of nitrogens with two attached hydrogens (primary N) is 1. The number of unbranched alkanes of at least 4 members (excludes halogenated alkanes) is 2. The molecular weight excluding hydrogens is 612 g/mol. The molecule has 15 atom stereocenters. The van der Waals surface area contributed by atoms with Gasteiger partial charge in [0.1, 0.15) is 73.2 Å². The molecule has 3 aliphatic rings. The number of aliphatic hydroxyl groups is 10. The molecule has 3 saturated heterocycles. The van der Waals surface area contributed by atoms with Gasteiger partial charge in [-0.05, 0) is 19.4 Å². The van der Waals surface area contributed by atoms with E-state index in [4.69, 9.17) is 34.2 Å². The Morgan fingerprint density at radius 3 is 1.80 bits per heavy atom. The molecule has 1 amide bonds. The van der Waals surface area contributed by atoms with Crippen LogP contribution in [0, 0.1) is 0 Å². The lowest BCUT2D eigenvalue weighted by molar-refractivity contribution is -0.366. The molecule has 19 heteroatoms. The fraction of sp³-hybridized carbons (Fsp3) is 0.962. The maximum absolute atomic E-state index is 12.0. The summed E-state index contributed by atoms with van der Waals surface area (Å²) < 4.78 is 33.0. The summed E-state index contributed by atoms with van der Waals surface area (Å²) in [6, 6.07) is 0. The van der Waals surface area contributed by atoms with Gasteiger partial charge in [-0.3, -0.25) is 4.79 Å². The topological polar surface area (TPSA) is 313 Å².